The van der Waals surface area contributed by atoms with Crippen LogP contribution in [0.5, 0.6) is 5.75 Å². The Labute approximate surface area is 140 Å². The van der Waals surface area contributed by atoms with Crippen LogP contribution in [0.2, 0.25) is 0 Å². The zero-order valence-corrected chi connectivity index (χ0v) is 13.4. The van der Waals surface area contributed by atoms with Crippen LogP contribution in [0.15, 0.2) is 71.9 Å². The number of nitrogens with zero attached hydrogens (tertiary/aromatic N) is 1. The van der Waals surface area contributed by atoms with Gasteiger partial charge >= 0.3 is 5.97 Å². The first kappa shape index (κ1) is 15.7. The molecule has 0 aliphatic carbocycles. The second-order valence-electron chi connectivity index (χ2n) is 5.34. The number of carbonyl (C=O) groups is 1. The summed E-state index contributed by atoms with van der Waals surface area (Å²) in [6.07, 6.45) is 3.34. The first-order valence-corrected chi connectivity index (χ1v) is 7.59. The lowest BCUT2D eigenvalue weighted by Crippen LogP contribution is -2.05. The van der Waals surface area contributed by atoms with Crippen LogP contribution < -0.4 is 4.74 Å². The molecule has 1 aliphatic rings. The maximum absolute atomic E-state index is 12.1. The summed E-state index contributed by atoms with van der Waals surface area (Å²) < 4.78 is 10.9. The van der Waals surface area contributed by atoms with E-state index in [1.165, 1.54) is 0 Å². The van der Waals surface area contributed by atoms with Crippen LogP contribution >= 0.6 is 0 Å². The van der Waals surface area contributed by atoms with Gasteiger partial charge in [0.25, 0.3) is 0 Å². The quantitative estimate of drug-likeness (QED) is 0.477. The van der Waals surface area contributed by atoms with Crippen molar-refractivity contribution in [3.8, 4) is 5.75 Å². The molecule has 4 nitrogen and oxygen atoms in total. The summed E-state index contributed by atoms with van der Waals surface area (Å²) in [4.78, 5) is 16.4. The fourth-order valence-corrected chi connectivity index (χ4v) is 2.26. The largest absolute Gasteiger partial charge is 0.489 e. The number of ether oxygens (including phenoxy) is 2. The third-order valence-electron chi connectivity index (χ3n) is 3.49. The number of hydrogen-bond acceptors (Lipinski definition) is 4. The lowest BCUT2D eigenvalue weighted by molar-refractivity contribution is -0.129. The fraction of sp³-hybridized carbons (Fsp3) is 0.100. The summed E-state index contributed by atoms with van der Waals surface area (Å²) in [5.41, 5.74) is 2.92. The highest BCUT2D eigenvalue weighted by atomic mass is 16.6. The molecule has 0 amide bonds. The SMILES string of the molecule is C=CCOc1ccccc1C=C1N=C(c2ccc(C)cc2)OC1=O. The van der Waals surface area contributed by atoms with Crippen molar-refractivity contribution in [3.63, 3.8) is 0 Å². The van der Waals surface area contributed by atoms with E-state index in [4.69, 9.17) is 9.47 Å². The summed E-state index contributed by atoms with van der Waals surface area (Å²) in [6.45, 7) is 6.02. The second kappa shape index (κ2) is 6.96. The summed E-state index contributed by atoms with van der Waals surface area (Å²) in [5.74, 6) is 0.511. The molecule has 0 saturated carbocycles. The number of rotatable bonds is 5. The smallest absolute Gasteiger partial charge is 0.363 e. The first-order valence-electron chi connectivity index (χ1n) is 7.59. The molecular formula is C20H17NO3. The summed E-state index contributed by atoms with van der Waals surface area (Å²) >= 11 is 0. The van der Waals surface area contributed by atoms with Gasteiger partial charge in [0.1, 0.15) is 12.4 Å². The molecule has 2 aromatic carbocycles. The molecule has 0 bridgehead atoms. The highest BCUT2D eigenvalue weighted by Gasteiger charge is 2.24. The van der Waals surface area contributed by atoms with E-state index < -0.39 is 5.97 Å². The Morgan fingerprint density at radius 2 is 1.92 bits per heavy atom. The molecule has 0 N–H and O–H groups in total. The predicted molar refractivity (Wildman–Crippen MR) is 93.9 cm³/mol. The maximum atomic E-state index is 12.1. The zero-order valence-electron chi connectivity index (χ0n) is 13.4. The molecule has 4 heteroatoms. The van der Waals surface area contributed by atoms with Crippen molar-refractivity contribution in [2.75, 3.05) is 6.61 Å². The number of para-hydroxylation sites is 1. The van der Waals surface area contributed by atoms with E-state index in [0.29, 0.717) is 18.3 Å². The molecule has 1 aliphatic heterocycles. The second-order valence-corrected chi connectivity index (χ2v) is 5.34. The van der Waals surface area contributed by atoms with E-state index in [9.17, 15) is 4.79 Å². The van der Waals surface area contributed by atoms with Crippen LogP contribution in [0.3, 0.4) is 0 Å². The Morgan fingerprint density at radius 1 is 1.17 bits per heavy atom. The number of cyclic esters (lactones) is 1. The van der Waals surface area contributed by atoms with E-state index in [1.807, 2.05) is 55.5 Å². The van der Waals surface area contributed by atoms with Gasteiger partial charge < -0.3 is 9.47 Å². The van der Waals surface area contributed by atoms with Gasteiger partial charge in [-0.1, -0.05) is 48.6 Å². The molecule has 0 aromatic heterocycles. The highest BCUT2D eigenvalue weighted by Crippen LogP contribution is 2.24. The van der Waals surface area contributed by atoms with Gasteiger partial charge in [-0.15, -0.1) is 0 Å². The third kappa shape index (κ3) is 3.43. The average Bonchev–Trinajstić information content (AvgIpc) is 2.95. The van der Waals surface area contributed by atoms with Gasteiger partial charge in [-0.25, -0.2) is 9.79 Å². The van der Waals surface area contributed by atoms with Gasteiger partial charge in [0, 0.05) is 11.1 Å². The van der Waals surface area contributed by atoms with E-state index in [-0.39, 0.29) is 5.70 Å². The van der Waals surface area contributed by atoms with Gasteiger partial charge in [-0.05, 0) is 31.2 Å². The average molecular weight is 319 g/mol. The Morgan fingerprint density at radius 3 is 2.67 bits per heavy atom. The van der Waals surface area contributed by atoms with E-state index in [0.717, 1.165) is 16.7 Å². The molecule has 24 heavy (non-hydrogen) atoms. The normalized spacial score (nSPS) is 15.1. The van der Waals surface area contributed by atoms with Gasteiger partial charge in [0.05, 0.1) is 0 Å². The highest BCUT2D eigenvalue weighted by molar-refractivity contribution is 6.12. The van der Waals surface area contributed by atoms with Crippen LogP contribution in [0.25, 0.3) is 6.08 Å². The molecule has 0 saturated heterocycles. The van der Waals surface area contributed by atoms with Crippen LogP contribution in [-0.4, -0.2) is 18.5 Å². The van der Waals surface area contributed by atoms with Crippen molar-refractivity contribution in [1.82, 2.24) is 0 Å². The minimum Gasteiger partial charge on any atom is -0.489 e. The first-order chi connectivity index (χ1) is 11.7. The lowest BCUT2D eigenvalue weighted by Gasteiger charge is -2.06. The van der Waals surface area contributed by atoms with Gasteiger partial charge in [0.2, 0.25) is 5.90 Å². The summed E-state index contributed by atoms with van der Waals surface area (Å²) in [7, 11) is 0. The molecule has 0 unspecified atom stereocenters. The Balaban J connectivity index is 1.91. The molecule has 0 fully saturated rings. The molecule has 1 heterocycles. The van der Waals surface area contributed by atoms with E-state index >= 15 is 0 Å². The number of aliphatic imine (C=N–C) groups is 1. The van der Waals surface area contributed by atoms with Crippen molar-refractivity contribution < 1.29 is 14.3 Å². The van der Waals surface area contributed by atoms with Gasteiger partial charge in [-0.3, -0.25) is 0 Å². The number of carbonyl (C=O) groups excluding carboxylic acids is 1. The fourth-order valence-electron chi connectivity index (χ4n) is 2.26. The minimum absolute atomic E-state index is 0.250. The van der Waals surface area contributed by atoms with Crippen LogP contribution in [0.1, 0.15) is 16.7 Å². The van der Waals surface area contributed by atoms with Crippen molar-refractivity contribution in [1.29, 1.82) is 0 Å². The van der Waals surface area contributed by atoms with Gasteiger partial charge in [0.15, 0.2) is 5.70 Å². The molecule has 120 valence electrons. The summed E-state index contributed by atoms with van der Waals surface area (Å²) in [5, 5.41) is 0. The predicted octanol–water partition coefficient (Wildman–Crippen LogP) is 3.90. The third-order valence-corrected chi connectivity index (χ3v) is 3.49. The molecule has 3 rings (SSSR count). The maximum Gasteiger partial charge on any atom is 0.363 e. The number of benzene rings is 2. The molecule has 2 aromatic rings. The van der Waals surface area contributed by atoms with Crippen LogP contribution in [-0.2, 0) is 9.53 Å². The van der Waals surface area contributed by atoms with Crippen LogP contribution in [0.4, 0.5) is 0 Å². The van der Waals surface area contributed by atoms with E-state index in [1.54, 1.807) is 12.2 Å². The van der Waals surface area contributed by atoms with Crippen molar-refractivity contribution in [2.45, 2.75) is 6.92 Å². The topological polar surface area (TPSA) is 47.9 Å². The van der Waals surface area contributed by atoms with Crippen LogP contribution in [0, 0.1) is 6.92 Å². The van der Waals surface area contributed by atoms with Crippen molar-refractivity contribution >= 4 is 17.9 Å². The van der Waals surface area contributed by atoms with Gasteiger partial charge in [-0.2, -0.15) is 0 Å². The molecular weight excluding hydrogens is 302 g/mol. The van der Waals surface area contributed by atoms with Crippen molar-refractivity contribution in [3.05, 3.63) is 83.6 Å². The zero-order chi connectivity index (χ0) is 16.9. The number of hydrogen-bond donors (Lipinski definition) is 0. The molecule has 0 atom stereocenters. The standard InChI is InChI=1S/C20H17NO3/c1-3-12-23-18-7-5-4-6-16(18)13-17-20(22)24-19(21-17)15-10-8-14(2)9-11-15/h3-11,13H,1,12H2,2H3. The van der Waals surface area contributed by atoms with E-state index in [2.05, 4.69) is 11.6 Å². The van der Waals surface area contributed by atoms with Crippen molar-refractivity contribution in [2.24, 2.45) is 4.99 Å². The Hall–Kier alpha value is -3.14. The molecule has 0 radical (unpaired) electrons. The molecule has 0 spiro atoms. The Kier molecular flexibility index (Phi) is 4.57. The lowest BCUT2D eigenvalue weighted by atomic mass is 10.1. The minimum atomic E-state index is -0.468. The monoisotopic (exact) mass is 319 g/mol. The Bertz CT molecular complexity index is 832. The summed E-state index contributed by atoms with van der Waals surface area (Å²) in [6, 6.07) is 15.1. The number of aryl methyl sites for hydroxylation is 1. The number of esters is 1.